The number of nitrogens with two attached hydrogens (primary N) is 1. The molecule has 0 amide bonds. The minimum atomic E-state index is -0.0991. The molecule has 0 saturated heterocycles. The van der Waals surface area contributed by atoms with Crippen LogP contribution in [0.25, 0.3) is 11.4 Å². The van der Waals surface area contributed by atoms with Crippen molar-refractivity contribution in [2.75, 3.05) is 23.0 Å². The Morgan fingerprint density at radius 2 is 1.86 bits per heavy atom. The van der Waals surface area contributed by atoms with Crippen molar-refractivity contribution in [3.63, 3.8) is 0 Å². The highest BCUT2D eigenvalue weighted by Gasteiger charge is 2.28. The summed E-state index contributed by atoms with van der Waals surface area (Å²) in [6.07, 6.45) is 0.775. The third-order valence-electron chi connectivity index (χ3n) is 4.96. The monoisotopic (exact) mass is 397 g/mol. The van der Waals surface area contributed by atoms with E-state index in [0.717, 1.165) is 23.5 Å². The van der Waals surface area contributed by atoms with E-state index in [-0.39, 0.29) is 24.6 Å². The summed E-state index contributed by atoms with van der Waals surface area (Å²) in [6, 6.07) is 7.58. The zero-order valence-electron chi connectivity index (χ0n) is 17.8. The number of aliphatic hydroxyl groups is 1. The van der Waals surface area contributed by atoms with E-state index < -0.39 is 0 Å². The Bertz CT molecular complexity index is 931. The molecule has 2 aliphatic heterocycles. The molecule has 0 saturated carbocycles. The molecule has 0 fully saturated rings. The van der Waals surface area contributed by atoms with Gasteiger partial charge in [0.15, 0.2) is 11.5 Å². The molecule has 29 heavy (non-hydrogen) atoms. The van der Waals surface area contributed by atoms with E-state index in [9.17, 15) is 5.11 Å². The highest BCUT2D eigenvalue weighted by Crippen LogP contribution is 2.39. The highest BCUT2D eigenvalue weighted by atomic mass is 16.3. The fraction of sp³-hybridized carbons (Fsp3) is 0.476. The SMILES string of the molecule is CCC(CO)Nc1nc(Nc2ccccc2N)c2nnc(C(C)C)c-2n1C(C)C. The number of hydrogen-bond donors (Lipinski definition) is 4. The maximum atomic E-state index is 9.72. The van der Waals surface area contributed by atoms with E-state index in [1.165, 1.54) is 0 Å². The predicted molar refractivity (Wildman–Crippen MR) is 118 cm³/mol. The van der Waals surface area contributed by atoms with E-state index >= 15 is 0 Å². The summed E-state index contributed by atoms with van der Waals surface area (Å²) in [6.45, 7) is 10.5. The van der Waals surface area contributed by atoms with Crippen LogP contribution in [0.15, 0.2) is 24.3 Å². The molecule has 1 atom stereocenters. The first-order chi connectivity index (χ1) is 13.9. The minimum Gasteiger partial charge on any atom is -0.397 e. The van der Waals surface area contributed by atoms with Crippen LogP contribution in [-0.4, -0.2) is 37.5 Å². The van der Waals surface area contributed by atoms with Gasteiger partial charge < -0.3 is 26.0 Å². The molecule has 2 heterocycles. The number of benzene rings is 1. The molecule has 1 aromatic rings. The molecular formula is C21H31N7O. The average molecular weight is 398 g/mol. The normalized spacial score (nSPS) is 12.7. The third-order valence-corrected chi connectivity index (χ3v) is 4.96. The number of hydrogen-bond acceptors (Lipinski definition) is 7. The zero-order valence-corrected chi connectivity index (χ0v) is 17.8. The lowest BCUT2D eigenvalue weighted by atomic mass is 10.1. The van der Waals surface area contributed by atoms with Crippen LogP contribution in [0.2, 0.25) is 0 Å². The van der Waals surface area contributed by atoms with E-state index in [0.29, 0.717) is 23.1 Å². The highest BCUT2D eigenvalue weighted by molar-refractivity contribution is 5.81. The van der Waals surface area contributed by atoms with Gasteiger partial charge in [-0.3, -0.25) is 0 Å². The predicted octanol–water partition coefficient (Wildman–Crippen LogP) is 3.99. The van der Waals surface area contributed by atoms with Gasteiger partial charge in [0.1, 0.15) is 0 Å². The Balaban J connectivity index is 2.22. The van der Waals surface area contributed by atoms with Gasteiger partial charge in [0.2, 0.25) is 5.95 Å². The van der Waals surface area contributed by atoms with Crippen molar-refractivity contribution < 1.29 is 5.11 Å². The smallest absolute Gasteiger partial charge is 0.205 e. The van der Waals surface area contributed by atoms with Crippen LogP contribution in [0, 0.1) is 0 Å². The van der Waals surface area contributed by atoms with Gasteiger partial charge in [0.25, 0.3) is 0 Å². The Morgan fingerprint density at radius 1 is 1.14 bits per heavy atom. The van der Waals surface area contributed by atoms with Crippen LogP contribution in [0.1, 0.15) is 58.7 Å². The molecule has 0 radical (unpaired) electrons. The van der Waals surface area contributed by atoms with Crippen molar-refractivity contribution in [2.45, 2.75) is 59.0 Å². The van der Waals surface area contributed by atoms with Crippen LogP contribution in [0.3, 0.4) is 0 Å². The summed E-state index contributed by atoms with van der Waals surface area (Å²) in [7, 11) is 0. The van der Waals surface area contributed by atoms with Crippen LogP contribution in [0.5, 0.6) is 0 Å². The summed E-state index contributed by atoms with van der Waals surface area (Å²) in [5.74, 6) is 1.46. The average Bonchev–Trinajstić information content (AvgIpc) is 3.12. The molecule has 8 heteroatoms. The van der Waals surface area contributed by atoms with Gasteiger partial charge in [-0.15, -0.1) is 5.10 Å². The van der Waals surface area contributed by atoms with Gasteiger partial charge in [-0.05, 0) is 38.3 Å². The van der Waals surface area contributed by atoms with Gasteiger partial charge >= 0.3 is 0 Å². The molecule has 2 aliphatic rings. The first kappa shape index (κ1) is 20.9. The van der Waals surface area contributed by atoms with Crippen molar-refractivity contribution in [3.8, 4) is 11.4 Å². The molecule has 5 N–H and O–H groups in total. The van der Waals surface area contributed by atoms with Crippen molar-refractivity contribution in [1.82, 2.24) is 19.7 Å². The fourth-order valence-electron chi connectivity index (χ4n) is 3.31. The number of nitrogen functional groups attached to an aromatic ring is 1. The number of aliphatic hydroxyl groups excluding tert-OH is 1. The van der Waals surface area contributed by atoms with Gasteiger partial charge in [-0.25, -0.2) is 0 Å². The summed E-state index contributed by atoms with van der Waals surface area (Å²) in [4.78, 5) is 4.84. The van der Waals surface area contributed by atoms with Crippen molar-refractivity contribution >= 4 is 23.1 Å². The summed E-state index contributed by atoms with van der Waals surface area (Å²) in [5.41, 5.74) is 10.1. The first-order valence-electron chi connectivity index (χ1n) is 10.1. The van der Waals surface area contributed by atoms with E-state index in [1.54, 1.807) is 0 Å². The molecular weight excluding hydrogens is 366 g/mol. The Labute approximate surface area is 171 Å². The third kappa shape index (κ3) is 4.12. The molecule has 3 rings (SSSR count). The molecule has 0 bridgehead atoms. The van der Waals surface area contributed by atoms with Gasteiger partial charge in [-0.1, -0.05) is 32.9 Å². The number of aromatic nitrogens is 4. The number of nitrogens with one attached hydrogen (secondary N) is 2. The van der Waals surface area contributed by atoms with Crippen molar-refractivity contribution in [1.29, 1.82) is 0 Å². The maximum absolute atomic E-state index is 9.72. The summed E-state index contributed by atoms with van der Waals surface area (Å²) < 4.78 is 2.11. The number of fused-ring (bicyclic) bond motifs is 1. The number of anilines is 4. The molecule has 1 unspecified atom stereocenters. The van der Waals surface area contributed by atoms with Crippen LogP contribution in [-0.2, 0) is 0 Å². The zero-order chi connectivity index (χ0) is 21.1. The van der Waals surface area contributed by atoms with Crippen LogP contribution < -0.4 is 16.4 Å². The topological polar surface area (TPSA) is 114 Å². The second-order valence-electron chi connectivity index (χ2n) is 7.83. The molecule has 0 spiro atoms. The molecule has 0 aliphatic carbocycles. The fourth-order valence-corrected chi connectivity index (χ4v) is 3.31. The van der Waals surface area contributed by atoms with Crippen LogP contribution >= 0.6 is 0 Å². The van der Waals surface area contributed by atoms with Gasteiger partial charge in [-0.2, -0.15) is 10.1 Å². The summed E-state index contributed by atoms with van der Waals surface area (Å²) >= 11 is 0. The Hall–Kier alpha value is -2.87. The first-order valence-corrected chi connectivity index (χ1v) is 10.1. The van der Waals surface area contributed by atoms with Crippen molar-refractivity contribution in [3.05, 3.63) is 30.0 Å². The maximum Gasteiger partial charge on any atom is 0.205 e. The Morgan fingerprint density at radius 3 is 2.45 bits per heavy atom. The Kier molecular flexibility index (Phi) is 6.22. The number of para-hydroxylation sites is 2. The lowest BCUT2D eigenvalue weighted by molar-refractivity contribution is 0.271. The van der Waals surface area contributed by atoms with Crippen LogP contribution in [0.4, 0.5) is 23.1 Å². The lowest BCUT2D eigenvalue weighted by Crippen LogP contribution is -2.27. The van der Waals surface area contributed by atoms with Gasteiger partial charge in [0, 0.05) is 6.04 Å². The van der Waals surface area contributed by atoms with Crippen molar-refractivity contribution in [2.24, 2.45) is 0 Å². The second-order valence-corrected chi connectivity index (χ2v) is 7.83. The standard InChI is InChI=1S/C21H31N7O/c1-6-14(11-29)23-21-25-20(24-16-10-8-7-9-15(16)22)18-19(28(21)13(4)5)17(12(2)3)26-27-18/h7-10,12-14,24,29H,6,11,22H2,1-5H3,(H,23,25). The molecule has 1 aromatic carbocycles. The quantitative estimate of drug-likeness (QED) is 0.425. The lowest BCUT2D eigenvalue weighted by Gasteiger charge is -2.26. The molecule has 8 nitrogen and oxygen atoms in total. The van der Waals surface area contributed by atoms with E-state index in [1.807, 2.05) is 31.2 Å². The minimum absolute atomic E-state index is 0.0251. The largest absolute Gasteiger partial charge is 0.397 e. The second kappa shape index (κ2) is 8.65. The van der Waals surface area contributed by atoms with E-state index in [2.05, 4.69) is 53.1 Å². The number of nitrogens with zero attached hydrogens (tertiary/aromatic N) is 4. The number of rotatable bonds is 8. The van der Waals surface area contributed by atoms with E-state index in [4.69, 9.17) is 10.7 Å². The molecule has 156 valence electrons. The van der Waals surface area contributed by atoms with Gasteiger partial charge in [0.05, 0.1) is 35.4 Å². The molecule has 0 aromatic heterocycles. The summed E-state index contributed by atoms with van der Waals surface area (Å²) in [5, 5.41) is 25.4.